The minimum absolute atomic E-state index is 0.0228. The Morgan fingerprint density at radius 3 is 2.50 bits per heavy atom. The Morgan fingerprint density at radius 2 is 1.90 bits per heavy atom. The van der Waals surface area contributed by atoms with E-state index in [1.807, 2.05) is 0 Å². The molecule has 0 aromatic heterocycles. The van der Waals surface area contributed by atoms with Crippen LogP contribution in [0.1, 0.15) is 31.9 Å². The number of aliphatic hydroxyl groups excluding tert-OH is 2. The zero-order chi connectivity index (χ0) is 15.1. The molecule has 0 aliphatic heterocycles. The number of hydrogen-bond acceptors (Lipinski definition) is 5. The summed E-state index contributed by atoms with van der Waals surface area (Å²) in [6.07, 6.45) is -1.80. The van der Waals surface area contributed by atoms with Gasteiger partial charge in [0.05, 0.1) is 6.10 Å². The van der Waals surface area contributed by atoms with Gasteiger partial charge in [-0.05, 0) is 12.5 Å². The fourth-order valence-corrected chi connectivity index (χ4v) is 2.39. The molecule has 110 valence electrons. The second-order valence-corrected chi connectivity index (χ2v) is 5.68. The van der Waals surface area contributed by atoms with E-state index >= 15 is 0 Å². The number of nitrogens with one attached hydrogen (secondary N) is 1. The number of hydrogen-bond donors (Lipinski definition) is 3. The number of benzene rings is 1. The standard InChI is InChI=1S/C14H19NO4S/c1-9(16)15-12-6-4-3-5-11(12)14(19)13(18)7-8-20-10(2)17/h3-6,13-14,18-19H,7-8H2,1-2H3,(H,15,16). The Morgan fingerprint density at radius 1 is 1.25 bits per heavy atom. The molecule has 0 aliphatic carbocycles. The van der Waals surface area contributed by atoms with Crippen molar-refractivity contribution in [3.05, 3.63) is 29.8 Å². The Bertz CT molecular complexity index is 478. The molecule has 0 heterocycles. The first-order valence-corrected chi connectivity index (χ1v) is 7.26. The van der Waals surface area contributed by atoms with Crippen LogP contribution in [0.25, 0.3) is 0 Å². The van der Waals surface area contributed by atoms with Gasteiger partial charge in [0, 0.05) is 30.9 Å². The van der Waals surface area contributed by atoms with Crippen molar-refractivity contribution in [2.75, 3.05) is 11.1 Å². The first kappa shape index (κ1) is 16.7. The Balaban J connectivity index is 2.72. The van der Waals surface area contributed by atoms with Gasteiger partial charge in [0.25, 0.3) is 0 Å². The Labute approximate surface area is 122 Å². The van der Waals surface area contributed by atoms with Crippen LogP contribution in [0.4, 0.5) is 5.69 Å². The lowest BCUT2D eigenvalue weighted by molar-refractivity contribution is -0.114. The summed E-state index contributed by atoms with van der Waals surface area (Å²) in [4.78, 5) is 21.9. The van der Waals surface area contributed by atoms with Crippen molar-refractivity contribution in [2.24, 2.45) is 0 Å². The van der Waals surface area contributed by atoms with E-state index in [1.54, 1.807) is 24.3 Å². The number of aliphatic hydroxyl groups is 2. The summed E-state index contributed by atoms with van der Waals surface area (Å²) in [7, 11) is 0. The quantitative estimate of drug-likeness (QED) is 0.744. The molecule has 0 radical (unpaired) electrons. The van der Waals surface area contributed by atoms with Gasteiger partial charge in [-0.2, -0.15) is 0 Å². The molecule has 2 unspecified atom stereocenters. The zero-order valence-electron chi connectivity index (χ0n) is 11.5. The predicted molar refractivity (Wildman–Crippen MR) is 79.5 cm³/mol. The summed E-state index contributed by atoms with van der Waals surface area (Å²) in [5.41, 5.74) is 0.939. The molecule has 20 heavy (non-hydrogen) atoms. The zero-order valence-corrected chi connectivity index (χ0v) is 12.3. The van der Waals surface area contributed by atoms with Crippen LogP contribution >= 0.6 is 11.8 Å². The van der Waals surface area contributed by atoms with Crippen molar-refractivity contribution in [3.63, 3.8) is 0 Å². The molecular formula is C14H19NO4S. The van der Waals surface area contributed by atoms with Crippen molar-refractivity contribution >= 4 is 28.5 Å². The molecule has 0 fully saturated rings. The molecule has 3 N–H and O–H groups in total. The van der Waals surface area contributed by atoms with Gasteiger partial charge in [-0.25, -0.2) is 0 Å². The third kappa shape index (κ3) is 5.32. The van der Waals surface area contributed by atoms with Crippen molar-refractivity contribution in [2.45, 2.75) is 32.5 Å². The lowest BCUT2D eigenvalue weighted by Crippen LogP contribution is -2.21. The van der Waals surface area contributed by atoms with E-state index in [0.717, 1.165) is 11.8 Å². The summed E-state index contributed by atoms with van der Waals surface area (Å²) >= 11 is 1.11. The van der Waals surface area contributed by atoms with Gasteiger partial charge in [0.2, 0.25) is 5.91 Å². The number of anilines is 1. The summed E-state index contributed by atoms with van der Waals surface area (Å²) in [6, 6.07) is 6.77. The normalized spacial score (nSPS) is 13.6. The van der Waals surface area contributed by atoms with Gasteiger partial charge in [0.15, 0.2) is 5.12 Å². The summed E-state index contributed by atoms with van der Waals surface area (Å²) in [5.74, 6) is 0.196. The Hall–Kier alpha value is -1.37. The summed E-state index contributed by atoms with van der Waals surface area (Å²) < 4.78 is 0. The van der Waals surface area contributed by atoms with E-state index in [9.17, 15) is 19.8 Å². The fourth-order valence-electron chi connectivity index (χ4n) is 1.75. The molecule has 1 aromatic rings. The molecule has 0 saturated heterocycles. The van der Waals surface area contributed by atoms with Gasteiger partial charge in [-0.15, -0.1) is 0 Å². The van der Waals surface area contributed by atoms with Crippen LogP contribution in [0.15, 0.2) is 24.3 Å². The van der Waals surface area contributed by atoms with E-state index in [4.69, 9.17) is 0 Å². The fraction of sp³-hybridized carbons (Fsp3) is 0.429. The van der Waals surface area contributed by atoms with Gasteiger partial charge < -0.3 is 15.5 Å². The van der Waals surface area contributed by atoms with Crippen LogP contribution in [0, 0.1) is 0 Å². The molecule has 2 atom stereocenters. The highest BCUT2D eigenvalue weighted by Gasteiger charge is 2.21. The number of carbonyl (C=O) groups excluding carboxylic acids is 2. The predicted octanol–water partition coefficient (Wildman–Crippen LogP) is 1.71. The number of para-hydroxylation sites is 1. The first-order valence-electron chi connectivity index (χ1n) is 6.28. The minimum Gasteiger partial charge on any atom is -0.390 e. The molecule has 5 nitrogen and oxygen atoms in total. The van der Waals surface area contributed by atoms with Gasteiger partial charge >= 0.3 is 0 Å². The van der Waals surface area contributed by atoms with Crippen LogP contribution in [0.2, 0.25) is 0 Å². The Kier molecular flexibility index (Phi) is 6.70. The summed E-state index contributed by atoms with van der Waals surface area (Å²) in [5, 5.41) is 22.7. The van der Waals surface area contributed by atoms with Crippen LogP contribution in [0.5, 0.6) is 0 Å². The number of amides is 1. The third-order valence-corrected chi connectivity index (χ3v) is 3.52. The maximum atomic E-state index is 11.1. The molecule has 1 amide bonds. The van der Waals surface area contributed by atoms with E-state index in [-0.39, 0.29) is 11.0 Å². The smallest absolute Gasteiger partial charge is 0.221 e. The van der Waals surface area contributed by atoms with Crippen molar-refractivity contribution in [1.82, 2.24) is 0 Å². The second kappa shape index (κ2) is 8.04. The van der Waals surface area contributed by atoms with E-state index in [0.29, 0.717) is 23.4 Å². The van der Waals surface area contributed by atoms with Crippen molar-refractivity contribution < 1.29 is 19.8 Å². The van der Waals surface area contributed by atoms with Gasteiger partial charge in [0.1, 0.15) is 6.10 Å². The van der Waals surface area contributed by atoms with Crippen molar-refractivity contribution in [1.29, 1.82) is 0 Å². The maximum Gasteiger partial charge on any atom is 0.221 e. The second-order valence-electron chi connectivity index (χ2n) is 4.41. The highest BCUT2D eigenvalue weighted by Crippen LogP contribution is 2.27. The minimum atomic E-state index is -1.11. The maximum absolute atomic E-state index is 11.1. The molecular weight excluding hydrogens is 278 g/mol. The van der Waals surface area contributed by atoms with Crippen LogP contribution < -0.4 is 5.32 Å². The number of carbonyl (C=O) groups is 2. The van der Waals surface area contributed by atoms with Crippen LogP contribution in [-0.4, -0.2) is 33.1 Å². The topological polar surface area (TPSA) is 86.6 Å². The third-order valence-electron chi connectivity index (χ3n) is 2.67. The molecule has 0 aliphatic rings. The first-order chi connectivity index (χ1) is 9.41. The van der Waals surface area contributed by atoms with Gasteiger partial charge in [-0.1, -0.05) is 30.0 Å². The van der Waals surface area contributed by atoms with Gasteiger partial charge in [-0.3, -0.25) is 9.59 Å². The lowest BCUT2D eigenvalue weighted by atomic mass is 10.0. The molecule has 1 rings (SSSR count). The van der Waals surface area contributed by atoms with Crippen molar-refractivity contribution in [3.8, 4) is 0 Å². The highest BCUT2D eigenvalue weighted by molar-refractivity contribution is 8.13. The van der Waals surface area contributed by atoms with E-state index < -0.39 is 12.2 Å². The molecule has 1 aromatic carbocycles. The average Bonchev–Trinajstić information content (AvgIpc) is 2.37. The summed E-state index contributed by atoms with van der Waals surface area (Å²) in [6.45, 7) is 2.84. The largest absolute Gasteiger partial charge is 0.390 e. The lowest BCUT2D eigenvalue weighted by Gasteiger charge is -2.20. The number of rotatable bonds is 6. The average molecular weight is 297 g/mol. The molecule has 0 spiro atoms. The molecule has 0 bridgehead atoms. The molecule has 6 heteroatoms. The number of thioether (sulfide) groups is 1. The van der Waals surface area contributed by atoms with Crippen LogP contribution in [0.3, 0.4) is 0 Å². The highest BCUT2D eigenvalue weighted by atomic mass is 32.2. The van der Waals surface area contributed by atoms with Crippen LogP contribution in [-0.2, 0) is 9.59 Å². The van der Waals surface area contributed by atoms with E-state index in [1.165, 1.54) is 13.8 Å². The monoisotopic (exact) mass is 297 g/mol. The van der Waals surface area contributed by atoms with E-state index in [2.05, 4.69) is 5.32 Å². The molecule has 0 saturated carbocycles. The SMILES string of the molecule is CC(=O)Nc1ccccc1C(O)C(O)CCSC(C)=O.